The fourth-order valence-electron chi connectivity index (χ4n) is 4.94. The van der Waals surface area contributed by atoms with Gasteiger partial charge in [-0.05, 0) is 18.6 Å². The monoisotopic (exact) mass is 329 g/mol. The van der Waals surface area contributed by atoms with Crippen LogP contribution in [0.5, 0.6) is 0 Å². The van der Waals surface area contributed by atoms with E-state index in [-0.39, 0.29) is 11.3 Å². The van der Waals surface area contributed by atoms with Crippen LogP contribution in [-0.2, 0) is 0 Å². The fourth-order valence-corrected chi connectivity index (χ4v) is 4.94. The molecule has 2 saturated heterocycles. The maximum atomic E-state index is 12.4. The highest BCUT2D eigenvalue weighted by atomic mass is 16.2. The van der Waals surface area contributed by atoms with E-state index in [1.54, 1.807) is 34.3 Å². The molecular formula is C18H27N5O+2. The molecule has 0 spiro atoms. The van der Waals surface area contributed by atoms with Crippen molar-refractivity contribution >= 4 is 5.91 Å². The highest BCUT2D eigenvalue weighted by Crippen LogP contribution is 2.34. The highest BCUT2D eigenvalue weighted by Gasteiger charge is 2.52. The molecule has 4 bridgehead atoms. The van der Waals surface area contributed by atoms with Crippen LogP contribution < -0.4 is 20.7 Å². The van der Waals surface area contributed by atoms with E-state index >= 15 is 0 Å². The number of nitrogens with zero attached hydrogens (tertiary/aromatic N) is 1. The smallest absolute Gasteiger partial charge is 0.269 e. The van der Waals surface area contributed by atoms with Gasteiger partial charge in [-0.2, -0.15) is 0 Å². The lowest BCUT2D eigenvalue weighted by molar-refractivity contribution is -0.918. The van der Waals surface area contributed by atoms with Crippen LogP contribution in [0, 0.1) is 5.41 Å². The molecule has 6 heteroatoms. The van der Waals surface area contributed by atoms with Crippen molar-refractivity contribution in [3.05, 3.63) is 41.4 Å². The van der Waals surface area contributed by atoms with Crippen LogP contribution >= 0.6 is 0 Å². The van der Waals surface area contributed by atoms with Crippen LogP contribution in [0.1, 0.15) is 30.1 Å². The van der Waals surface area contributed by atoms with Crippen molar-refractivity contribution in [2.45, 2.75) is 19.8 Å². The first kappa shape index (κ1) is 15.6. The van der Waals surface area contributed by atoms with Gasteiger partial charge in [-0.3, -0.25) is 15.2 Å². The second-order valence-corrected chi connectivity index (χ2v) is 7.53. The molecule has 0 saturated carbocycles. The van der Waals surface area contributed by atoms with Crippen molar-refractivity contribution < 1.29 is 14.6 Å². The van der Waals surface area contributed by atoms with Crippen LogP contribution in [-0.4, -0.2) is 50.2 Å². The Labute approximate surface area is 142 Å². The number of quaternary nitrogens is 2. The SMILES string of the molecule is CCCC12C[NH+]3CC[NH+](CC(=C1NNC(=O)c1ccncc1)C3)C2. The number of hydrazine groups is 1. The number of nitrogens with one attached hydrogen (secondary N) is 4. The summed E-state index contributed by atoms with van der Waals surface area (Å²) in [5.41, 5.74) is 9.94. The van der Waals surface area contributed by atoms with Crippen molar-refractivity contribution in [2.75, 3.05) is 39.3 Å². The van der Waals surface area contributed by atoms with E-state index in [1.165, 1.54) is 50.3 Å². The van der Waals surface area contributed by atoms with Gasteiger partial charge < -0.3 is 15.2 Å². The highest BCUT2D eigenvalue weighted by molar-refractivity contribution is 5.93. The van der Waals surface area contributed by atoms with Gasteiger partial charge in [0.05, 0.1) is 24.4 Å². The molecule has 5 heterocycles. The summed E-state index contributed by atoms with van der Waals surface area (Å²) in [6, 6.07) is 3.48. The van der Waals surface area contributed by atoms with E-state index < -0.39 is 0 Å². The maximum absolute atomic E-state index is 12.4. The Morgan fingerprint density at radius 3 is 2.50 bits per heavy atom. The lowest BCUT2D eigenvalue weighted by atomic mass is 9.73. The average molecular weight is 329 g/mol. The summed E-state index contributed by atoms with van der Waals surface area (Å²) in [5.74, 6) is -0.0935. The molecule has 2 unspecified atom stereocenters. The zero-order chi connectivity index (χ0) is 16.6. The third-order valence-corrected chi connectivity index (χ3v) is 5.79. The Morgan fingerprint density at radius 2 is 1.88 bits per heavy atom. The summed E-state index contributed by atoms with van der Waals surface area (Å²) >= 11 is 0. The molecule has 0 radical (unpaired) electrons. The minimum absolute atomic E-state index is 0.0935. The zero-order valence-electron chi connectivity index (χ0n) is 14.3. The Morgan fingerprint density at radius 1 is 1.21 bits per heavy atom. The number of rotatable bonds is 5. The Balaban J connectivity index is 1.57. The predicted octanol–water partition coefficient (Wildman–Crippen LogP) is -1.83. The number of carbonyl (C=O) groups excluding carboxylic acids is 1. The quantitative estimate of drug-likeness (QED) is 0.481. The van der Waals surface area contributed by atoms with Gasteiger partial charge in [0, 0.05) is 18.0 Å². The van der Waals surface area contributed by atoms with E-state index in [1.807, 2.05) is 0 Å². The molecule has 4 N–H and O–H groups in total. The molecule has 2 atom stereocenters. The predicted molar refractivity (Wildman–Crippen MR) is 90.3 cm³/mol. The second kappa shape index (κ2) is 6.18. The van der Waals surface area contributed by atoms with Crippen molar-refractivity contribution in [3.8, 4) is 0 Å². The summed E-state index contributed by atoms with van der Waals surface area (Å²) in [6.07, 6.45) is 5.67. The number of hydrogen-bond acceptors (Lipinski definition) is 3. The third-order valence-electron chi connectivity index (χ3n) is 5.79. The summed E-state index contributed by atoms with van der Waals surface area (Å²) < 4.78 is 0. The fraction of sp³-hybridized carbons (Fsp3) is 0.556. The molecule has 5 rings (SSSR count). The Hall–Kier alpha value is -1.92. The minimum Gasteiger partial charge on any atom is -0.326 e. The van der Waals surface area contributed by atoms with Gasteiger partial charge in [-0.25, -0.2) is 0 Å². The number of fused-ring (bicyclic) bond motifs is 1. The van der Waals surface area contributed by atoms with Crippen LogP contribution in [0.2, 0.25) is 0 Å². The number of amides is 1. The molecule has 0 aromatic carbocycles. The third kappa shape index (κ3) is 2.70. The summed E-state index contributed by atoms with van der Waals surface area (Å²) in [4.78, 5) is 19.8. The normalized spacial score (nSPS) is 31.0. The summed E-state index contributed by atoms with van der Waals surface area (Å²) in [6.45, 7) is 9.47. The van der Waals surface area contributed by atoms with Gasteiger partial charge in [0.1, 0.15) is 31.6 Å². The lowest BCUT2D eigenvalue weighted by Gasteiger charge is -2.44. The molecule has 2 fully saturated rings. The van der Waals surface area contributed by atoms with Crippen molar-refractivity contribution in [2.24, 2.45) is 5.41 Å². The van der Waals surface area contributed by atoms with Gasteiger partial charge in [0.15, 0.2) is 0 Å². The molecule has 1 aromatic rings. The van der Waals surface area contributed by atoms with Crippen molar-refractivity contribution in [1.29, 1.82) is 0 Å². The Kier molecular flexibility index (Phi) is 4.02. The van der Waals surface area contributed by atoms with E-state index in [2.05, 4.69) is 22.8 Å². The van der Waals surface area contributed by atoms with Crippen LogP contribution in [0.25, 0.3) is 0 Å². The van der Waals surface area contributed by atoms with Crippen LogP contribution in [0.4, 0.5) is 0 Å². The number of carbonyl (C=O) groups is 1. The lowest BCUT2D eigenvalue weighted by Crippen LogP contribution is -3.14. The topological polar surface area (TPSA) is 62.9 Å². The first-order chi connectivity index (χ1) is 11.7. The van der Waals surface area contributed by atoms with Crippen molar-refractivity contribution in [1.82, 2.24) is 15.8 Å². The van der Waals surface area contributed by atoms with Crippen LogP contribution in [0.15, 0.2) is 35.8 Å². The number of hydrogen-bond donors (Lipinski definition) is 4. The van der Waals surface area contributed by atoms with Gasteiger partial charge in [0.25, 0.3) is 5.91 Å². The number of aromatic nitrogens is 1. The van der Waals surface area contributed by atoms with Crippen LogP contribution in [0.3, 0.4) is 0 Å². The molecule has 4 aliphatic rings. The van der Waals surface area contributed by atoms with Crippen molar-refractivity contribution in [3.63, 3.8) is 0 Å². The molecule has 1 amide bonds. The summed E-state index contributed by atoms with van der Waals surface area (Å²) in [5, 5.41) is 0. The van der Waals surface area contributed by atoms with Gasteiger partial charge in [-0.15, -0.1) is 0 Å². The first-order valence-electron chi connectivity index (χ1n) is 9.06. The standard InChI is InChI=1S/C18H25N5O/c1-2-5-18-12-22-8-9-23(13-18)11-15(10-22)16(18)20-21-17(24)14-3-6-19-7-4-14/h3-4,6-7,20H,2,5,8-13H2,1H3,(H,21,24)/p+2. The molecule has 0 aliphatic carbocycles. The molecule has 1 aromatic heterocycles. The van der Waals surface area contributed by atoms with E-state index in [0.717, 1.165) is 13.1 Å². The average Bonchev–Trinajstić information content (AvgIpc) is 2.83. The largest absolute Gasteiger partial charge is 0.326 e. The molecular weight excluding hydrogens is 302 g/mol. The molecule has 6 nitrogen and oxygen atoms in total. The number of pyridine rings is 1. The van der Waals surface area contributed by atoms with Gasteiger partial charge in [0.2, 0.25) is 0 Å². The first-order valence-corrected chi connectivity index (χ1v) is 9.06. The van der Waals surface area contributed by atoms with E-state index in [4.69, 9.17) is 0 Å². The van der Waals surface area contributed by atoms with Gasteiger partial charge in [-0.1, -0.05) is 13.3 Å². The van der Waals surface area contributed by atoms with Gasteiger partial charge >= 0.3 is 0 Å². The van der Waals surface area contributed by atoms with E-state index in [0.29, 0.717) is 5.56 Å². The maximum Gasteiger partial charge on any atom is 0.269 e. The minimum atomic E-state index is -0.0935. The Bertz CT molecular complexity index is 639. The zero-order valence-corrected chi connectivity index (χ0v) is 14.3. The molecule has 128 valence electrons. The summed E-state index contributed by atoms with van der Waals surface area (Å²) in [7, 11) is 0. The molecule has 4 aliphatic heterocycles. The van der Waals surface area contributed by atoms with E-state index in [9.17, 15) is 4.79 Å². The molecule has 24 heavy (non-hydrogen) atoms. The second-order valence-electron chi connectivity index (χ2n) is 7.53.